The predicted octanol–water partition coefficient (Wildman–Crippen LogP) is 3.51. The maximum atomic E-state index is 12.6. The number of benzene rings is 1. The molecule has 2 N–H and O–H groups in total. The second-order valence-corrected chi connectivity index (χ2v) is 7.88. The summed E-state index contributed by atoms with van der Waals surface area (Å²) in [5, 5.41) is 25.5. The summed E-state index contributed by atoms with van der Waals surface area (Å²) in [5.74, 6) is 0.270. The zero-order valence-electron chi connectivity index (χ0n) is 13.9. The number of nitrogens with zero attached hydrogens (tertiary/aromatic N) is 3. The molecule has 1 saturated heterocycles. The Hall–Kier alpha value is -2.29. The fourth-order valence-electron chi connectivity index (χ4n) is 3.28. The lowest BCUT2D eigenvalue weighted by Gasteiger charge is -2.17. The average molecular weight is 387 g/mol. The molecule has 1 aliphatic rings. The lowest BCUT2D eigenvalue weighted by atomic mass is 9.92. The number of aliphatic hydroxyl groups is 1. The molecule has 26 heavy (non-hydrogen) atoms. The SMILES string of the molecule is O=C(Nc1ccc(-c2nncs2)cc1)N1C[C@@H](CO)[C@H](c2ccsc2)C1. The highest BCUT2D eigenvalue weighted by atomic mass is 32.1. The molecule has 2 atom stereocenters. The van der Waals surface area contributed by atoms with Crippen LogP contribution in [0.15, 0.2) is 46.6 Å². The quantitative estimate of drug-likeness (QED) is 0.719. The number of urea groups is 1. The Morgan fingerprint density at radius 3 is 2.77 bits per heavy atom. The molecule has 0 radical (unpaired) electrons. The van der Waals surface area contributed by atoms with Crippen LogP contribution in [0.25, 0.3) is 10.6 Å². The van der Waals surface area contributed by atoms with Gasteiger partial charge in [-0.15, -0.1) is 10.2 Å². The number of likely N-dealkylation sites (tertiary alicyclic amines) is 1. The molecule has 1 aromatic carbocycles. The second-order valence-electron chi connectivity index (χ2n) is 6.26. The Labute approximate surface area is 159 Å². The third-order valence-electron chi connectivity index (χ3n) is 4.68. The van der Waals surface area contributed by atoms with Crippen LogP contribution in [0.5, 0.6) is 0 Å². The van der Waals surface area contributed by atoms with E-state index in [4.69, 9.17) is 0 Å². The van der Waals surface area contributed by atoms with Crippen molar-refractivity contribution in [3.63, 3.8) is 0 Å². The molecule has 0 aliphatic carbocycles. The molecule has 8 heteroatoms. The van der Waals surface area contributed by atoms with Crippen molar-refractivity contribution in [1.29, 1.82) is 0 Å². The van der Waals surface area contributed by atoms with Crippen molar-refractivity contribution in [3.05, 3.63) is 52.2 Å². The van der Waals surface area contributed by atoms with E-state index in [1.54, 1.807) is 21.7 Å². The first-order chi connectivity index (χ1) is 12.7. The van der Waals surface area contributed by atoms with Crippen molar-refractivity contribution in [2.75, 3.05) is 25.0 Å². The van der Waals surface area contributed by atoms with Gasteiger partial charge in [0, 0.05) is 42.8 Å². The van der Waals surface area contributed by atoms with E-state index >= 15 is 0 Å². The highest BCUT2D eigenvalue weighted by Crippen LogP contribution is 2.34. The van der Waals surface area contributed by atoms with Crippen LogP contribution in [0.2, 0.25) is 0 Å². The van der Waals surface area contributed by atoms with Gasteiger partial charge in [-0.05, 0) is 46.7 Å². The van der Waals surface area contributed by atoms with Crippen molar-refractivity contribution < 1.29 is 9.90 Å². The van der Waals surface area contributed by atoms with Crippen molar-refractivity contribution >= 4 is 34.4 Å². The van der Waals surface area contributed by atoms with Crippen molar-refractivity contribution in [3.8, 4) is 10.6 Å². The minimum Gasteiger partial charge on any atom is -0.396 e. The van der Waals surface area contributed by atoms with Gasteiger partial charge in [-0.1, -0.05) is 11.3 Å². The molecule has 3 aromatic rings. The van der Waals surface area contributed by atoms with Crippen LogP contribution in [0.4, 0.5) is 10.5 Å². The van der Waals surface area contributed by atoms with Crippen LogP contribution < -0.4 is 5.32 Å². The molecule has 2 aromatic heterocycles. The van der Waals surface area contributed by atoms with E-state index in [1.807, 2.05) is 29.6 Å². The first-order valence-corrected chi connectivity index (χ1v) is 10.1. The van der Waals surface area contributed by atoms with E-state index in [2.05, 4.69) is 27.0 Å². The topological polar surface area (TPSA) is 78.4 Å². The molecule has 2 amide bonds. The number of thiophene rings is 1. The van der Waals surface area contributed by atoms with Gasteiger partial charge in [-0.3, -0.25) is 0 Å². The van der Waals surface area contributed by atoms with E-state index in [9.17, 15) is 9.90 Å². The summed E-state index contributed by atoms with van der Waals surface area (Å²) in [6.45, 7) is 1.27. The number of nitrogens with one attached hydrogen (secondary N) is 1. The van der Waals surface area contributed by atoms with Gasteiger partial charge in [0.15, 0.2) is 0 Å². The second kappa shape index (κ2) is 7.53. The summed E-state index contributed by atoms with van der Waals surface area (Å²) >= 11 is 3.12. The maximum Gasteiger partial charge on any atom is 0.321 e. The lowest BCUT2D eigenvalue weighted by Crippen LogP contribution is -2.33. The van der Waals surface area contributed by atoms with Gasteiger partial charge in [-0.25, -0.2) is 4.79 Å². The summed E-state index contributed by atoms with van der Waals surface area (Å²) in [6, 6.07) is 9.51. The van der Waals surface area contributed by atoms with Crippen LogP contribution in [-0.4, -0.2) is 45.9 Å². The molecule has 134 valence electrons. The zero-order valence-corrected chi connectivity index (χ0v) is 15.5. The van der Waals surface area contributed by atoms with E-state index in [-0.39, 0.29) is 24.5 Å². The van der Waals surface area contributed by atoms with E-state index in [1.165, 1.54) is 16.9 Å². The molecule has 1 fully saturated rings. The fourth-order valence-corrected chi connectivity index (χ4v) is 4.57. The molecular weight excluding hydrogens is 368 g/mol. The molecule has 0 bridgehead atoms. The van der Waals surface area contributed by atoms with E-state index in [0.29, 0.717) is 13.1 Å². The summed E-state index contributed by atoms with van der Waals surface area (Å²) in [6.07, 6.45) is 0. The largest absolute Gasteiger partial charge is 0.396 e. The number of rotatable bonds is 4. The van der Waals surface area contributed by atoms with Gasteiger partial charge in [0.25, 0.3) is 0 Å². The molecule has 1 aliphatic heterocycles. The van der Waals surface area contributed by atoms with Gasteiger partial charge in [0.2, 0.25) is 0 Å². The fraction of sp³-hybridized carbons (Fsp3) is 0.278. The van der Waals surface area contributed by atoms with Crippen LogP contribution >= 0.6 is 22.7 Å². The zero-order chi connectivity index (χ0) is 17.9. The Bertz CT molecular complexity index is 850. The number of amides is 2. The van der Waals surface area contributed by atoms with Gasteiger partial charge < -0.3 is 15.3 Å². The first kappa shape index (κ1) is 17.1. The smallest absolute Gasteiger partial charge is 0.321 e. The first-order valence-electron chi connectivity index (χ1n) is 8.30. The number of anilines is 1. The number of carbonyl (C=O) groups is 1. The van der Waals surface area contributed by atoms with Gasteiger partial charge in [0.1, 0.15) is 10.5 Å². The van der Waals surface area contributed by atoms with E-state index < -0.39 is 0 Å². The summed E-state index contributed by atoms with van der Waals surface area (Å²) in [4.78, 5) is 14.4. The summed E-state index contributed by atoms with van der Waals surface area (Å²) < 4.78 is 0. The van der Waals surface area contributed by atoms with Gasteiger partial charge >= 0.3 is 6.03 Å². The minimum absolute atomic E-state index is 0.0788. The number of hydrogen-bond donors (Lipinski definition) is 2. The Morgan fingerprint density at radius 1 is 1.27 bits per heavy atom. The third-order valence-corrected chi connectivity index (χ3v) is 6.12. The van der Waals surface area contributed by atoms with Crippen molar-refractivity contribution in [1.82, 2.24) is 15.1 Å². The van der Waals surface area contributed by atoms with E-state index in [0.717, 1.165) is 16.3 Å². The van der Waals surface area contributed by atoms with Gasteiger partial charge in [-0.2, -0.15) is 11.3 Å². The Kier molecular flexibility index (Phi) is 4.96. The number of hydrogen-bond acceptors (Lipinski definition) is 6. The molecular formula is C18H18N4O2S2. The van der Waals surface area contributed by atoms with Crippen LogP contribution in [0, 0.1) is 5.92 Å². The third kappa shape index (κ3) is 3.48. The molecule has 4 rings (SSSR count). The average Bonchev–Trinajstić information content (AvgIpc) is 3.42. The lowest BCUT2D eigenvalue weighted by molar-refractivity contribution is 0.207. The Morgan fingerprint density at radius 2 is 2.12 bits per heavy atom. The highest BCUT2D eigenvalue weighted by molar-refractivity contribution is 7.12. The minimum atomic E-state index is -0.134. The number of aliphatic hydroxyl groups excluding tert-OH is 1. The van der Waals surface area contributed by atoms with Crippen molar-refractivity contribution in [2.45, 2.75) is 5.92 Å². The summed E-state index contributed by atoms with van der Waals surface area (Å²) in [7, 11) is 0. The molecule has 3 heterocycles. The van der Waals surface area contributed by atoms with Crippen molar-refractivity contribution in [2.24, 2.45) is 5.92 Å². The molecule has 0 saturated carbocycles. The maximum absolute atomic E-state index is 12.6. The van der Waals surface area contributed by atoms with Gasteiger partial charge in [0.05, 0.1) is 0 Å². The molecule has 6 nitrogen and oxygen atoms in total. The predicted molar refractivity (Wildman–Crippen MR) is 104 cm³/mol. The highest BCUT2D eigenvalue weighted by Gasteiger charge is 2.35. The van der Waals surface area contributed by atoms with Crippen LogP contribution in [-0.2, 0) is 0 Å². The Balaban J connectivity index is 1.42. The normalized spacial score (nSPS) is 19.7. The number of carbonyl (C=O) groups excluding carboxylic acids is 1. The molecule has 0 unspecified atom stereocenters. The standard InChI is InChI=1S/C18H18N4O2S2/c23-9-14-7-22(8-16(14)13-5-6-25-10-13)18(24)20-15-3-1-12(2-4-15)17-21-19-11-26-17/h1-6,10-11,14,16,23H,7-9H2,(H,20,24)/t14-,16-/m0/s1. The van der Waals surface area contributed by atoms with Crippen LogP contribution in [0.1, 0.15) is 11.5 Å². The monoisotopic (exact) mass is 386 g/mol. The molecule has 0 spiro atoms. The van der Waals surface area contributed by atoms with Crippen LogP contribution in [0.3, 0.4) is 0 Å². The number of aromatic nitrogens is 2. The summed E-state index contributed by atoms with van der Waals surface area (Å²) in [5.41, 5.74) is 4.61.